The minimum Gasteiger partial charge on any atom is -0.465 e. The summed E-state index contributed by atoms with van der Waals surface area (Å²) >= 11 is 0. The summed E-state index contributed by atoms with van der Waals surface area (Å²) < 4.78 is 5.07. The lowest BCUT2D eigenvalue weighted by Gasteiger charge is -2.29. The van der Waals surface area contributed by atoms with Crippen LogP contribution in [0.1, 0.15) is 56.8 Å². The Morgan fingerprint density at radius 1 is 1.42 bits per heavy atom. The predicted octanol–water partition coefficient (Wildman–Crippen LogP) is 3.19. The van der Waals surface area contributed by atoms with Crippen LogP contribution < -0.4 is 0 Å². The van der Waals surface area contributed by atoms with Crippen LogP contribution in [-0.2, 0) is 9.53 Å². The minimum atomic E-state index is -0.930. The Labute approximate surface area is 114 Å². The number of carbonyl (C=O) groups is 1. The van der Waals surface area contributed by atoms with Gasteiger partial charge in [-0.2, -0.15) is 0 Å². The van der Waals surface area contributed by atoms with E-state index in [1.807, 2.05) is 18.2 Å². The zero-order chi connectivity index (χ0) is 14.0. The Kier molecular flexibility index (Phi) is 3.95. The summed E-state index contributed by atoms with van der Waals surface area (Å²) in [5.74, 6) is 0.192. The molecule has 3 nitrogen and oxygen atoms in total. The van der Waals surface area contributed by atoms with Crippen molar-refractivity contribution in [3.8, 4) is 0 Å². The smallest absolute Gasteiger partial charge is 0.314 e. The maximum Gasteiger partial charge on any atom is 0.314 e. The summed E-state index contributed by atoms with van der Waals surface area (Å²) in [6, 6.07) is 7.86. The van der Waals surface area contributed by atoms with Gasteiger partial charge in [-0.05, 0) is 50.7 Å². The van der Waals surface area contributed by atoms with Crippen LogP contribution >= 0.6 is 0 Å². The number of benzene rings is 1. The molecule has 1 unspecified atom stereocenters. The molecule has 0 amide bonds. The monoisotopic (exact) mass is 262 g/mol. The second-order valence-electron chi connectivity index (χ2n) is 5.75. The van der Waals surface area contributed by atoms with Gasteiger partial charge in [-0.25, -0.2) is 0 Å². The van der Waals surface area contributed by atoms with Gasteiger partial charge in [0, 0.05) is 0 Å². The van der Waals surface area contributed by atoms with E-state index < -0.39 is 11.5 Å². The van der Waals surface area contributed by atoms with Crippen LogP contribution in [0.3, 0.4) is 0 Å². The predicted molar refractivity (Wildman–Crippen MR) is 73.8 cm³/mol. The van der Waals surface area contributed by atoms with Gasteiger partial charge in [0.05, 0.1) is 18.1 Å². The van der Waals surface area contributed by atoms with E-state index in [2.05, 4.69) is 6.07 Å². The van der Waals surface area contributed by atoms with Gasteiger partial charge in [0.25, 0.3) is 0 Å². The van der Waals surface area contributed by atoms with Crippen molar-refractivity contribution in [2.45, 2.75) is 45.6 Å². The molecule has 0 aliphatic heterocycles. The van der Waals surface area contributed by atoms with Crippen molar-refractivity contribution in [2.24, 2.45) is 5.41 Å². The van der Waals surface area contributed by atoms with Crippen LogP contribution in [0.2, 0.25) is 0 Å². The van der Waals surface area contributed by atoms with E-state index in [0.717, 1.165) is 5.56 Å². The molecule has 104 valence electrons. The number of rotatable bonds is 5. The summed E-state index contributed by atoms with van der Waals surface area (Å²) in [5, 5.41) is 10.6. The van der Waals surface area contributed by atoms with Crippen molar-refractivity contribution in [3.63, 3.8) is 0 Å². The molecule has 0 aromatic heterocycles. The van der Waals surface area contributed by atoms with E-state index >= 15 is 0 Å². The standard InChI is InChI=1S/C16H22O3/c1-4-19-15(18)16(2,3)14(17)13-8-6-5-7-12(13)11-9-10-11/h5-8,11,14,17H,4,9-10H2,1-3H3. The van der Waals surface area contributed by atoms with Crippen molar-refractivity contribution in [1.82, 2.24) is 0 Å². The van der Waals surface area contributed by atoms with E-state index in [4.69, 9.17) is 4.74 Å². The van der Waals surface area contributed by atoms with Gasteiger partial charge in [0.1, 0.15) is 0 Å². The second-order valence-corrected chi connectivity index (χ2v) is 5.75. The quantitative estimate of drug-likeness (QED) is 0.829. The highest BCUT2D eigenvalue weighted by Crippen LogP contribution is 2.45. The van der Waals surface area contributed by atoms with Crippen molar-refractivity contribution < 1.29 is 14.6 Å². The molecule has 0 heterocycles. The molecule has 1 saturated carbocycles. The van der Waals surface area contributed by atoms with E-state index in [9.17, 15) is 9.90 Å². The van der Waals surface area contributed by atoms with Crippen LogP contribution in [-0.4, -0.2) is 17.7 Å². The molecule has 1 aromatic carbocycles. The summed E-state index contributed by atoms with van der Waals surface area (Å²) in [5.41, 5.74) is 1.11. The van der Waals surface area contributed by atoms with Crippen molar-refractivity contribution in [1.29, 1.82) is 0 Å². The molecule has 0 saturated heterocycles. The Bertz CT molecular complexity index is 461. The molecule has 19 heavy (non-hydrogen) atoms. The molecule has 0 radical (unpaired) electrons. The van der Waals surface area contributed by atoms with E-state index in [1.54, 1.807) is 20.8 Å². The molecule has 0 bridgehead atoms. The summed E-state index contributed by atoms with van der Waals surface area (Å²) in [4.78, 5) is 12.0. The largest absolute Gasteiger partial charge is 0.465 e. The first-order valence-corrected chi connectivity index (χ1v) is 6.92. The van der Waals surface area contributed by atoms with Gasteiger partial charge in [-0.3, -0.25) is 4.79 Å². The molecule has 3 heteroatoms. The third kappa shape index (κ3) is 2.81. The second kappa shape index (κ2) is 5.33. The Morgan fingerprint density at radius 2 is 2.05 bits per heavy atom. The van der Waals surface area contributed by atoms with Gasteiger partial charge in [0.2, 0.25) is 0 Å². The normalized spacial score (nSPS) is 17.1. The highest BCUT2D eigenvalue weighted by molar-refractivity contribution is 5.77. The Balaban J connectivity index is 2.28. The number of hydrogen-bond acceptors (Lipinski definition) is 3. The van der Waals surface area contributed by atoms with Gasteiger partial charge >= 0.3 is 5.97 Å². The zero-order valence-corrected chi connectivity index (χ0v) is 11.8. The van der Waals surface area contributed by atoms with E-state index in [1.165, 1.54) is 18.4 Å². The summed E-state index contributed by atoms with van der Waals surface area (Å²) in [6.45, 7) is 5.58. The first-order valence-electron chi connectivity index (χ1n) is 6.92. The van der Waals surface area contributed by atoms with E-state index in [0.29, 0.717) is 12.5 Å². The number of ether oxygens (including phenoxy) is 1. The fraction of sp³-hybridized carbons (Fsp3) is 0.562. The Hall–Kier alpha value is -1.35. The molecule has 1 fully saturated rings. The fourth-order valence-electron chi connectivity index (χ4n) is 2.34. The maximum absolute atomic E-state index is 12.0. The highest BCUT2D eigenvalue weighted by Gasteiger charge is 2.40. The van der Waals surface area contributed by atoms with Crippen LogP contribution in [0, 0.1) is 5.41 Å². The van der Waals surface area contributed by atoms with Crippen LogP contribution in [0.25, 0.3) is 0 Å². The molecule has 1 N–H and O–H groups in total. The number of hydrogen-bond donors (Lipinski definition) is 1. The minimum absolute atomic E-state index is 0.333. The van der Waals surface area contributed by atoms with Gasteiger partial charge in [-0.1, -0.05) is 24.3 Å². The number of aliphatic hydroxyl groups is 1. The average Bonchev–Trinajstić information content (AvgIpc) is 3.22. The van der Waals surface area contributed by atoms with Gasteiger partial charge < -0.3 is 9.84 Å². The molecular formula is C16H22O3. The number of carbonyl (C=O) groups excluding carboxylic acids is 1. The van der Waals surface area contributed by atoms with Crippen LogP contribution in [0.5, 0.6) is 0 Å². The lowest BCUT2D eigenvalue weighted by molar-refractivity contribution is -0.160. The summed E-state index contributed by atoms with van der Waals surface area (Å²) in [7, 11) is 0. The van der Waals surface area contributed by atoms with E-state index in [-0.39, 0.29) is 5.97 Å². The SMILES string of the molecule is CCOC(=O)C(C)(C)C(O)c1ccccc1C1CC1. The van der Waals surface area contributed by atoms with Gasteiger partial charge in [0.15, 0.2) is 0 Å². The molecular weight excluding hydrogens is 240 g/mol. The third-order valence-electron chi connectivity index (χ3n) is 3.79. The molecule has 2 rings (SSSR count). The fourth-order valence-corrected chi connectivity index (χ4v) is 2.34. The highest BCUT2D eigenvalue weighted by atomic mass is 16.5. The molecule has 0 spiro atoms. The number of aliphatic hydroxyl groups excluding tert-OH is 1. The summed E-state index contributed by atoms with van der Waals surface area (Å²) in [6.07, 6.45) is 1.51. The zero-order valence-electron chi connectivity index (χ0n) is 11.8. The average molecular weight is 262 g/mol. The lowest BCUT2D eigenvalue weighted by Crippen LogP contribution is -2.33. The number of esters is 1. The first-order chi connectivity index (χ1) is 8.98. The lowest BCUT2D eigenvalue weighted by atomic mass is 9.80. The Morgan fingerprint density at radius 3 is 2.63 bits per heavy atom. The molecule has 1 atom stereocenters. The van der Waals surface area contributed by atoms with Crippen molar-refractivity contribution >= 4 is 5.97 Å². The van der Waals surface area contributed by atoms with Gasteiger partial charge in [-0.15, -0.1) is 0 Å². The molecule has 1 aliphatic carbocycles. The van der Waals surface area contributed by atoms with Crippen LogP contribution in [0.4, 0.5) is 0 Å². The van der Waals surface area contributed by atoms with Crippen LogP contribution in [0.15, 0.2) is 24.3 Å². The first kappa shape index (κ1) is 14.1. The van der Waals surface area contributed by atoms with Crippen molar-refractivity contribution in [3.05, 3.63) is 35.4 Å². The third-order valence-corrected chi connectivity index (χ3v) is 3.79. The maximum atomic E-state index is 12.0. The molecule has 1 aliphatic rings. The van der Waals surface area contributed by atoms with Crippen molar-refractivity contribution in [2.75, 3.05) is 6.61 Å². The topological polar surface area (TPSA) is 46.5 Å². The molecule has 1 aromatic rings.